The SMILES string of the molecule is CC1=CC=C(c2nc3cnc4c(ccn4-c4ccccc4)c3n2C)C1. The number of aromatic nitrogens is 4. The van der Waals surface area contributed by atoms with Crippen molar-refractivity contribution in [3.63, 3.8) is 0 Å². The number of benzene rings is 1. The number of hydrogen-bond donors (Lipinski definition) is 0. The van der Waals surface area contributed by atoms with E-state index in [1.165, 1.54) is 11.1 Å². The van der Waals surface area contributed by atoms with Crippen molar-refractivity contribution in [2.75, 3.05) is 0 Å². The molecule has 0 saturated carbocycles. The average Bonchev–Trinajstić information content (AvgIpc) is 3.32. The van der Waals surface area contributed by atoms with Crippen molar-refractivity contribution in [2.45, 2.75) is 13.3 Å². The number of hydrogen-bond acceptors (Lipinski definition) is 2. The van der Waals surface area contributed by atoms with Crippen LogP contribution in [0.4, 0.5) is 0 Å². The summed E-state index contributed by atoms with van der Waals surface area (Å²) in [5, 5.41) is 1.13. The molecule has 3 heterocycles. The molecule has 0 radical (unpaired) electrons. The topological polar surface area (TPSA) is 35.6 Å². The molecule has 0 aliphatic heterocycles. The van der Waals surface area contributed by atoms with Crippen molar-refractivity contribution < 1.29 is 0 Å². The van der Waals surface area contributed by atoms with Gasteiger partial charge in [-0.15, -0.1) is 0 Å². The molecule has 4 aromatic rings. The lowest BCUT2D eigenvalue weighted by molar-refractivity contribution is 0.917. The summed E-state index contributed by atoms with van der Waals surface area (Å²) in [5.74, 6) is 1.03. The van der Waals surface area contributed by atoms with Gasteiger partial charge in [0.25, 0.3) is 0 Å². The molecule has 25 heavy (non-hydrogen) atoms. The highest BCUT2D eigenvalue weighted by atomic mass is 15.1. The summed E-state index contributed by atoms with van der Waals surface area (Å²) in [6, 6.07) is 12.4. The molecule has 4 nitrogen and oxygen atoms in total. The molecular weight excluding hydrogens is 308 g/mol. The van der Waals surface area contributed by atoms with E-state index in [0.29, 0.717) is 0 Å². The Kier molecular flexibility index (Phi) is 2.95. The third kappa shape index (κ3) is 2.07. The predicted octanol–water partition coefficient (Wildman–Crippen LogP) is 4.65. The van der Waals surface area contributed by atoms with Crippen LogP contribution in [-0.4, -0.2) is 19.1 Å². The second kappa shape index (κ2) is 5.18. The van der Waals surface area contributed by atoms with Crippen molar-refractivity contribution in [1.82, 2.24) is 19.1 Å². The Morgan fingerprint density at radius 3 is 2.64 bits per heavy atom. The number of rotatable bonds is 2. The molecular formula is C21H18N4. The molecule has 122 valence electrons. The number of allylic oxidation sites excluding steroid dienone is 4. The number of fused-ring (bicyclic) bond motifs is 3. The first-order valence-electron chi connectivity index (χ1n) is 8.47. The summed E-state index contributed by atoms with van der Waals surface area (Å²) in [7, 11) is 2.10. The number of imidazole rings is 1. The van der Waals surface area contributed by atoms with E-state index in [9.17, 15) is 0 Å². The van der Waals surface area contributed by atoms with Crippen LogP contribution in [0.1, 0.15) is 19.2 Å². The van der Waals surface area contributed by atoms with E-state index in [2.05, 4.69) is 59.7 Å². The van der Waals surface area contributed by atoms with Crippen molar-refractivity contribution >= 4 is 27.6 Å². The van der Waals surface area contributed by atoms with Gasteiger partial charge in [-0.05, 0) is 37.1 Å². The highest BCUT2D eigenvalue weighted by Gasteiger charge is 2.18. The van der Waals surface area contributed by atoms with Gasteiger partial charge in [0.2, 0.25) is 0 Å². The molecule has 5 rings (SSSR count). The van der Waals surface area contributed by atoms with E-state index in [4.69, 9.17) is 9.97 Å². The quantitative estimate of drug-likeness (QED) is 0.538. The maximum Gasteiger partial charge on any atom is 0.146 e. The number of aryl methyl sites for hydroxylation is 1. The Morgan fingerprint density at radius 2 is 1.88 bits per heavy atom. The molecule has 1 aliphatic carbocycles. The third-order valence-electron chi connectivity index (χ3n) is 4.91. The molecule has 0 unspecified atom stereocenters. The maximum atomic E-state index is 4.85. The van der Waals surface area contributed by atoms with E-state index in [1.54, 1.807) is 0 Å². The molecule has 0 saturated heterocycles. The normalized spacial score (nSPS) is 14.3. The minimum Gasteiger partial charge on any atom is -0.327 e. The van der Waals surface area contributed by atoms with Crippen molar-refractivity contribution in [3.05, 3.63) is 72.3 Å². The summed E-state index contributed by atoms with van der Waals surface area (Å²) >= 11 is 0. The zero-order chi connectivity index (χ0) is 17.0. The fraction of sp³-hybridized carbons (Fsp3) is 0.143. The lowest BCUT2D eigenvalue weighted by Gasteiger charge is -2.05. The second-order valence-corrected chi connectivity index (χ2v) is 6.63. The van der Waals surface area contributed by atoms with Crippen LogP contribution in [0.3, 0.4) is 0 Å². The van der Waals surface area contributed by atoms with Gasteiger partial charge in [0.15, 0.2) is 0 Å². The molecule has 0 amide bonds. The van der Waals surface area contributed by atoms with Crippen LogP contribution in [0.25, 0.3) is 33.3 Å². The highest BCUT2D eigenvalue weighted by molar-refractivity contribution is 6.02. The Labute approximate surface area is 145 Å². The van der Waals surface area contributed by atoms with Crippen LogP contribution in [0.5, 0.6) is 0 Å². The first-order chi connectivity index (χ1) is 12.2. The molecule has 1 aromatic carbocycles. The molecule has 0 N–H and O–H groups in total. The van der Waals surface area contributed by atoms with Crippen LogP contribution < -0.4 is 0 Å². The standard InChI is InChI=1S/C21H18N4/c1-14-8-9-15(12-14)20-23-18-13-22-21-17(19(18)24(20)2)10-11-25(21)16-6-4-3-5-7-16/h3-11,13H,12H2,1-2H3. The highest BCUT2D eigenvalue weighted by Crippen LogP contribution is 2.32. The van der Waals surface area contributed by atoms with Gasteiger partial charge < -0.3 is 9.13 Å². The number of nitrogens with zero attached hydrogens (tertiary/aromatic N) is 4. The fourth-order valence-electron chi connectivity index (χ4n) is 3.69. The van der Waals surface area contributed by atoms with Crippen molar-refractivity contribution in [1.29, 1.82) is 0 Å². The van der Waals surface area contributed by atoms with Gasteiger partial charge >= 0.3 is 0 Å². The summed E-state index contributed by atoms with van der Waals surface area (Å²) in [6.07, 6.45) is 9.29. The first-order valence-corrected chi connectivity index (χ1v) is 8.47. The molecule has 0 spiro atoms. The number of para-hydroxylation sites is 1. The van der Waals surface area contributed by atoms with E-state index in [-0.39, 0.29) is 0 Å². The zero-order valence-corrected chi connectivity index (χ0v) is 14.3. The minimum atomic E-state index is 0.946. The monoisotopic (exact) mass is 326 g/mol. The average molecular weight is 326 g/mol. The van der Waals surface area contributed by atoms with Gasteiger partial charge in [-0.3, -0.25) is 0 Å². The van der Waals surface area contributed by atoms with E-state index in [1.807, 2.05) is 24.4 Å². The molecule has 0 bridgehead atoms. The van der Waals surface area contributed by atoms with E-state index >= 15 is 0 Å². The zero-order valence-electron chi connectivity index (χ0n) is 14.3. The Balaban J connectivity index is 1.74. The number of pyridine rings is 1. The lowest BCUT2D eigenvalue weighted by atomic mass is 10.1. The summed E-state index contributed by atoms with van der Waals surface area (Å²) in [4.78, 5) is 9.55. The van der Waals surface area contributed by atoms with Gasteiger partial charge in [0, 0.05) is 24.3 Å². The lowest BCUT2D eigenvalue weighted by Crippen LogP contribution is -1.97. The Morgan fingerprint density at radius 1 is 1.04 bits per heavy atom. The molecule has 4 heteroatoms. The van der Waals surface area contributed by atoms with Crippen molar-refractivity contribution in [3.8, 4) is 5.69 Å². The van der Waals surface area contributed by atoms with Crippen molar-refractivity contribution in [2.24, 2.45) is 7.05 Å². The second-order valence-electron chi connectivity index (χ2n) is 6.63. The maximum absolute atomic E-state index is 4.85. The smallest absolute Gasteiger partial charge is 0.146 e. The summed E-state index contributed by atoms with van der Waals surface area (Å²) in [6.45, 7) is 2.16. The minimum absolute atomic E-state index is 0.946. The Hall–Kier alpha value is -3.14. The van der Waals surface area contributed by atoms with Gasteiger partial charge in [-0.1, -0.05) is 35.9 Å². The van der Waals surface area contributed by atoms with E-state index < -0.39 is 0 Å². The summed E-state index contributed by atoms with van der Waals surface area (Å²) < 4.78 is 4.33. The molecule has 0 atom stereocenters. The van der Waals surface area contributed by atoms with Gasteiger partial charge in [-0.25, -0.2) is 9.97 Å². The van der Waals surface area contributed by atoms with Gasteiger partial charge in [0.05, 0.1) is 11.7 Å². The Bertz CT molecular complexity index is 1170. The van der Waals surface area contributed by atoms with Crippen LogP contribution in [-0.2, 0) is 7.05 Å². The molecule has 1 aliphatic rings. The summed E-state index contributed by atoms with van der Waals surface area (Å²) in [5.41, 5.74) is 6.81. The van der Waals surface area contributed by atoms with Gasteiger partial charge in [0.1, 0.15) is 17.0 Å². The first kappa shape index (κ1) is 14.2. The largest absolute Gasteiger partial charge is 0.327 e. The predicted molar refractivity (Wildman–Crippen MR) is 102 cm³/mol. The van der Waals surface area contributed by atoms with Crippen LogP contribution >= 0.6 is 0 Å². The van der Waals surface area contributed by atoms with Crippen LogP contribution in [0.15, 0.2) is 66.5 Å². The van der Waals surface area contributed by atoms with Crippen LogP contribution in [0, 0.1) is 0 Å². The molecule has 0 fully saturated rings. The molecule has 3 aromatic heterocycles. The van der Waals surface area contributed by atoms with E-state index in [0.717, 1.165) is 40.0 Å². The van der Waals surface area contributed by atoms with Gasteiger partial charge in [-0.2, -0.15) is 0 Å². The van der Waals surface area contributed by atoms with Crippen LogP contribution in [0.2, 0.25) is 0 Å². The third-order valence-corrected chi connectivity index (χ3v) is 4.91. The fourth-order valence-corrected chi connectivity index (χ4v) is 3.69.